The van der Waals surface area contributed by atoms with E-state index in [1.165, 1.54) is 0 Å². The molecule has 0 radical (unpaired) electrons. The van der Waals surface area contributed by atoms with Gasteiger partial charge in [0.2, 0.25) is 0 Å². The lowest BCUT2D eigenvalue weighted by molar-refractivity contribution is -0.150. The van der Waals surface area contributed by atoms with Crippen LogP contribution in [-0.2, 0) is 4.79 Å². The van der Waals surface area contributed by atoms with Crippen LogP contribution in [0.3, 0.4) is 0 Å². The van der Waals surface area contributed by atoms with Crippen molar-refractivity contribution in [2.75, 3.05) is 0 Å². The van der Waals surface area contributed by atoms with Gasteiger partial charge in [0.25, 0.3) is 0 Å². The van der Waals surface area contributed by atoms with Crippen LogP contribution in [0.4, 0.5) is 0 Å². The average molecular weight is 312 g/mol. The highest BCUT2D eigenvalue weighted by Gasteiger charge is 2.33. The van der Waals surface area contributed by atoms with Gasteiger partial charge in [-0.05, 0) is 34.1 Å². The van der Waals surface area contributed by atoms with Crippen LogP contribution in [0.5, 0.6) is 5.75 Å². The fraction of sp³-hybridized carbons (Fsp3) is 0.385. The lowest BCUT2D eigenvalue weighted by Crippen LogP contribution is -2.39. The van der Waals surface area contributed by atoms with Gasteiger partial charge in [0.1, 0.15) is 5.75 Å². The van der Waals surface area contributed by atoms with Crippen molar-refractivity contribution in [3.05, 3.63) is 28.2 Å². The maximum atomic E-state index is 11.2. The molecular weight excluding hydrogens is 298 g/mol. The van der Waals surface area contributed by atoms with E-state index in [1.54, 1.807) is 39.0 Å². The Balaban J connectivity index is 3.03. The van der Waals surface area contributed by atoms with Crippen molar-refractivity contribution in [1.29, 1.82) is 5.26 Å². The van der Waals surface area contributed by atoms with E-state index in [-0.39, 0.29) is 0 Å². The second kappa shape index (κ2) is 5.40. The maximum absolute atomic E-state index is 11.2. The van der Waals surface area contributed by atoms with Crippen molar-refractivity contribution >= 4 is 21.9 Å². The number of aliphatic carboxylic acids is 1. The predicted molar refractivity (Wildman–Crippen MR) is 70.4 cm³/mol. The van der Waals surface area contributed by atoms with E-state index in [4.69, 9.17) is 15.1 Å². The van der Waals surface area contributed by atoms with Gasteiger partial charge in [0.05, 0.1) is 16.1 Å². The first-order chi connectivity index (χ1) is 8.25. The number of hydrogen-bond acceptors (Lipinski definition) is 3. The number of halogens is 1. The number of carboxylic acid groups (broad SMARTS) is 1. The average Bonchev–Trinajstić information content (AvgIpc) is 2.24. The highest BCUT2D eigenvalue weighted by Crippen LogP contribution is 2.31. The van der Waals surface area contributed by atoms with Crippen LogP contribution < -0.4 is 4.74 Å². The summed E-state index contributed by atoms with van der Waals surface area (Å²) in [4.78, 5) is 11.2. The van der Waals surface area contributed by atoms with E-state index in [2.05, 4.69) is 15.9 Å². The molecule has 0 fully saturated rings. The lowest BCUT2D eigenvalue weighted by Gasteiger charge is -2.27. The normalized spacial score (nSPS) is 12.6. The zero-order chi connectivity index (χ0) is 13.9. The number of ether oxygens (including phenoxy) is 1. The summed E-state index contributed by atoms with van der Waals surface area (Å²) in [6.45, 7) is 5.38. The second-order valence-corrected chi connectivity index (χ2v) is 5.81. The van der Waals surface area contributed by atoms with Gasteiger partial charge in [0, 0.05) is 5.41 Å². The van der Waals surface area contributed by atoms with Gasteiger partial charge in [-0.25, -0.2) is 4.79 Å². The first-order valence-electron chi connectivity index (χ1n) is 5.35. The van der Waals surface area contributed by atoms with Gasteiger partial charge in [-0.15, -0.1) is 0 Å². The molecule has 1 atom stereocenters. The SMILES string of the molecule is CC(C)(C)C(Oc1ccc(C#N)cc1Br)C(=O)O. The van der Waals surface area contributed by atoms with Crippen LogP contribution >= 0.6 is 15.9 Å². The quantitative estimate of drug-likeness (QED) is 0.930. The fourth-order valence-corrected chi connectivity index (χ4v) is 1.86. The van der Waals surface area contributed by atoms with Gasteiger partial charge in [0.15, 0.2) is 6.10 Å². The van der Waals surface area contributed by atoms with Gasteiger partial charge in [-0.1, -0.05) is 20.8 Å². The monoisotopic (exact) mass is 311 g/mol. The van der Waals surface area contributed by atoms with Crippen LogP contribution in [0.1, 0.15) is 26.3 Å². The Morgan fingerprint density at radius 1 is 1.50 bits per heavy atom. The third-order valence-electron chi connectivity index (χ3n) is 2.32. The third kappa shape index (κ3) is 3.47. The third-order valence-corrected chi connectivity index (χ3v) is 2.94. The van der Waals surface area contributed by atoms with Crippen molar-refractivity contribution in [3.8, 4) is 11.8 Å². The number of nitriles is 1. The molecule has 0 spiro atoms. The highest BCUT2D eigenvalue weighted by molar-refractivity contribution is 9.10. The summed E-state index contributed by atoms with van der Waals surface area (Å²) in [5.74, 6) is -0.602. The highest BCUT2D eigenvalue weighted by atomic mass is 79.9. The molecule has 0 saturated heterocycles. The molecule has 1 unspecified atom stereocenters. The van der Waals surface area contributed by atoms with E-state index >= 15 is 0 Å². The number of benzene rings is 1. The predicted octanol–water partition coefficient (Wildman–Crippen LogP) is 3.20. The molecule has 0 bridgehead atoms. The molecule has 0 amide bonds. The van der Waals surface area contributed by atoms with Crippen molar-refractivity contribution in [2.24, 2.45) is 5.41 Å². The van der Waals surface area contributed by atoms with Crippen molar-refractivity contribution in [2.45, 2.75) is 26.9 Å². The van der Waals surface area contributed by atoms with E-state index in [0.717, 1.165) is 0 Å². The molecule has 1 rings (SSSR count). The van der Waals surface area contributed by atoms with Crippen molar-refractivity contribution < 1.29 is 14.6 Å². The summed E-state index contributed by atoms with van der Waals surface area (Å²) in [5.41, 5.74) is -0.0454. The molecule has 1 aromatic rings. The van der Waals surface area contributed by atoms with Gasteiger partial charge < -0.3 is 9.84 Å². The van der Waals surface area contributed by atoms with Crippen LogP contribution in [-0.4, -0.2) is 17.2 Å². The number of nitrogens with zero attached hydrogens (tertiary/aromatic N) is 1. The van der Waals surface area contributed by atoms with Gasteiger partial charge >= 0.3 is 5.97 Å². The first-order valence-corrected chi connectivity index (χ1v) is 6.14. The second-order valence-electron chi connectivity index (χ2n) is 4.96. The molecule has 0 aliphatic carbocycles. The summed E-state index contributed by atoms with van der Waals surface area (Å²) in [6, 6.07) is 6.77. The Morgan fingerprint density at radius 2 is 2.11 bits per heavy atom. The molecule has 0 aliphatic rings. The van der Waals surface area contributed by atoms with Crippen LogP contribution in [0, 0.1) is 16.7 Å². The smallest absolute Gasteiger partial charge is 0.345 e. The molecule has 0 aliphatic heterocycles. The Labute approximate surface area is 114 Å². The zero-order valence-electron chi connectivity index (χ0n) is 10.4. The summed E-state index contributed by atoms with van der Waals surface area (Å²) in [5, 5.41) is 17.9. The Bertz CT molecular complexity index is 500. The molecule has 0 aromatic heterocycles. The molecule has 1 aromatic carbocycles. The van der Waals surface area contributed by atoms with E-state index in [1.807, 2.05) is 6.07 Å². The molecule has 4 nitrogen and oxygen atoms in total. The zero-order valence-corrected chi connectivity index (χ0v) is 12.0. The maximum Gasteiger partial charge on any atom is 0.345 e. The topological polar surface area (TPSA) is 70.3 Å². The standard InChI is InChI=1S/C13H14BrNO3/c1-13(2,3)11(12(16)17)18-10-5-4-8(7-15)6-9(10)14/h4-6,11H,1-3H3,(H,16,17). The van der Waals surface area contributed by atoms with Crippen LogP contribution in [0.15, 0.2) is 22.7 Å². The number of hydrogen-bond donors (Lipinski definition) is 1. The molecule has 96 valence electrons. The Kier molecular flexibility index (Phi) is 4.36. The van der Waals surface area contributed by atoms with Crippen molar-refractivity contribution in [3.63, 3.8) is 0 Å². The largest absolute Gasteiger partial charge is 0.478 e. The van der Waals surface area contributed by atoms with E-state index < -0.39 is 17.5 Å². The molecule has 0 heterocycles. The molecule has 5 heteroatoms. The molecule has 18 heavy (non-hydrogen) atoms. The minimum absolute atomic E-state index is 0.413. The first kappa shape index (κ1) is 14.5. The number of carbonyl (C=O) groups is 1. The Morgan fingerprint density at radius 3 is 2.50 bits per heavy atom. The molecule has 1 N–H and O–H groups in total. The number of rotatable bonds is 3. The van der Waals surface area contributed by atoms with Crippen LogP contribution in [0.25, 0.3) is 0 Å². The molecular formula is C13H14BrNO3. The summed E-state index contributed by atoms with van der Waals surface area (Å²) in [6.07, 6.45) is -0.957. The summed E-state index contributed by atoms with van der Waals surface area (Å²) < 4.78 is 6.08. The van der Waals surface area contributed by atoms with E-state index in [9.17, 15) is 4.79 Å². The summed E-state index contributed by atoms with van der Waals surface area (Å²) >= 11 is 3.26. The van der Waals surface area contributed by atoms with Gasteiger partial charge in [-0.2, -0.15) is 5.26 Å². The minimum atomic E-state index is -1.02. The van der Waals surface area contributed by atoms with Gasteiger partial charge in [-0.3, -0.25) is 0 Å². The van der Waals surface area contributed by atoms with E-state index in [0.29, 0.717) is 15.8 Å². The Hall–Kier alpha value is -1.54. The minimum Gasteiger partial charge on any atom is -0.478 e. The van der Waals surface area contributed by atoms with Crippen molar-refractivity contribution in [1.82, 2.24) is 0 Å². The molecule has 0 saturated carbocycles. The summed E-state index contributed by atoms with van der Waals surface area (Å²) in [7, 11) is 0. The lowest BCUT2D eigenvalue weighted by atomic mass is 9.89. The van der Waals surface area contributed by atoms with Crippen LogP contribution in [0.2, 0.25) is 0 Å². The number of carboxylic acids is 1. The fourth-order valence-electron chi connectivity index (χ4n) is 1.39.